The molecule has 0 bridgehead atoms. The van der Waals surface area contributed by atoms with E-state index in [-0.39, 0.29) is 0 Å². The van der Waals surface area contributed by atoms with E-state index in [4.69, 9.17) is 0 Å². The number of anilines is 1. The molecule has 17 heavy (non-hydrogen) atoms. The van der Waals surface area contributed by atoms with Crippen molar-refractivity contribution in [2.45, 2.75) is 20.3 Å². The topological polar surface area (TPSA) is 55.6 Å². The second-order valence-corrected chi connectivity index (χ2v) is 5.25. The Bertz CT molecular complexity index is 474. The predicted octanol–water partition coefficient (Wildman–Crippen LogP) is 2.40. The molecule has 0 atom stereocenters. The first-order valence-corrected chi connectivity index (χ1v) is 6.59. The largest absolute Gasteiger partial charge is 0.361 e. The SMILES string of the molecule is CC(C)CCNc1nc(-c2cnnn2C)cs1. The number of nitrogens with zero attached hydrogens (tertiary/aromatic N) is 4. The Morgan fingerprint density at radius 2 is 2.29 bits per heavy atom. The molecule has 2 aromatic rings. The van der Waals surface area contributed by atoms with Crippen molar-refractivity contribution in [3.8, 4) is 11.4 Å². The van der Waals surface area contributed by atoms with Gasteiger partial charge >= 0.3 is 0 Å². The lowest BCUT2D eigenvalue weighted by molar-refractivity contribution is 0.607. The molecule has 5 nitrogen and oxygen atoms in total. The van der Waals surface area contributed by atoms with Crippen molar-refractivity contribution in [3.05, 3.63) is 11.6 Å². The van der Waals surface area contributed by atoms with E-state index in [0.717, 1.165) is 29.5 Å². The first-order valence-electron chi connectivity index (χ1n) is 5.71. The minimum Gasteiger partial charge on any atom is -0.361 e. The number of nitrogens with one attached hydrogen (secondary N) is 1. The zero-order valence-corrected chi connectivity index (χ0v) is 11.2. The van der Waals surface area contributed by atoms with Crippen molar-refractivity contribution in [2.24, 2.45) is 13.0 Å². The Balaban J connectivity index is 1.99. The Morgan fingerprint density at radius 1 is 1.47 bits per heavy atom. The van der Waals surface area contributed by atoms with Crippen LogP contribution in [0.5, 0.6) is 0 Å². The van der Waals surface area contributed by atoms with Gasteiger partial charge in [-0.05, 0) is 12.3 Å². The van der Waals surface area contributed by atoms with Gasteiger partial charge in [0.05, 0.1) is 6.20 Å². The number of aromatic nitrogens is 4. The molecule has 0 aliphatic rings. The Morgan fingerprint density at radius 3 is 2.94 bits per heavy atom. The van der Waals surface area contributed by atoms with Crippen LogP contribution in [0, 0.1) is 5.92 Å². The zero-order valence-electron chi connectivity index (χ0n) is 10.3. The van der Waals surface area contributed by atoms with Crippen LogP contribution in [0.15, 0.2) is 11.6 Å². The van der Waals surface area contributed by atoms with Crippen LogP contribution in [-0.2, 0) is 7.05 Å². The van der Waals surface area contributed by atoms with Crippen LogP contribution in [0.1, 0.15) is 20.3 Å². The van der Waals surface area contributed by atoms with Crippen LogP contribution in [0.2, 0.25) is 0 Å². The van der Waals surface area contributed by atoms with Crippen molar-refractivity contribution >= 4 is 16.5 Å². The van der Waals surface area contributed by atoms with Crippen LogP contribution < -0.4 is 5.32 Å². The third-order valence-corrected chi connectivity index (χ3v) is 3.28. The molecule has 0 aliphatic heterocycles. The standard InChI is InChI=1S/C11H17N5S/c1-8(2)4-5-12-11-14-9(7-17-11)10-6-13-15-16(10)3/h6-8H,4-5H2,1-3H3,(H,12,14). The van der Waals surface area contributed by atoms with E-state index in [1.165, 1.54) is 0 Å². The number of hydrogen-bond acceptors (Lipinski definition) is 5. The fraction of sp³-hybridized carbons (Fsp3) is 0.545. The summed E-state index contributed by atoms with van der Waals surface area (Å²) < 4.78 is 1.73. The summed E-state index contributed by atoms with van der Waals surface area (Å²) >= 11 is 1.62. The van der Waals surface area contributed by atoms with Crippen molar-refractivity contribution in [1.82, 2.24) is 20.0 Å². The first-order chi connectivity index (χ1) is 8.16. The first kappa shape index (κ1) is 12.0. The predicted molar refractivity (Wildman–Crippen MR) is 70.1 cm³/mol. The summed E-state index contributed by atoms with van der Waals surface area (Å²) in [5.74, 6) is 0.711. The lowest BCUT2D eigenvalue weighted by Gasteiger charge is -2.04. The number of aryl methyl sites for hydroxylation is 1. The highest BCUT2D eigenvalue weighted by atomic mass is 32.1. The summed E-state index contributed by atoms with van der Waals surface area (Å²) in [6, 6.07) is 0. The van der Waals surface area contributed by atoms with Crippen molar-refractivity contribution < 1.29 is 0 Å². The molecule has 6 heteroatoms. The maximum Gasteiger partial charge on any atom is 0.183 e. The van der Waals surface area contributed by atoms with Gasteiger partial charge in [0.15, 0.2) is 5.13 Å². The summed E-state index contributed by atoms with van der Waals surface area (Å²) in [5.41, 5.74) is 1.87. The molecule has 2 aromatic heterocycles. The highest BCUT2D eigenvalue weighted by Gasteiger charge is 2.08. The maximum atomic E-state index is 4.52. The van der Waals surface area contributed by atoms with Gasteiger partial charge in [-0.25, -0.2) is 9.67 Å². The van der Waals surface area contributed by atoms with Crippen LogP contribution in [-0.4, -0.2) is 26.5 Å². The molecule has 0 saturated carbocycles. The van der Waals surface area contributed by atoms with Gasteiger partial charge in [0.1, 0.15) is 11.4 Å². The summed E-state index contributed by atoms with van der Waals surface area (Å²) in [5, 5.41) is 14.1. The van der Waals surface area contributed by atoms with Gasteiger partial charge in [-0.1, -0.05) is 19.1 Å². The molecular formula is C11H17N5S. The van der Waals surface area contributed by atoms with E-state index in [1.807, 2.05) is 12.4 Å². The third kappa shape index (κ3) is 3.03. The van der Waals surface area contributed by atoms with Crippen molar-refractivity contribution in [3.63, 3.8) is 0 Å². The highest BCUT2D eigenvalue weighted by molar-refractivity contribution is 7.14. The molecule has 0 saturated heterocycles. The smallest absolute Gasteiger partial charge is 0.183 e. The Kier molecular flexibility index (Phi) is 3.73. The van der Waals surface area contributed by atoms with Gasteiger partial charge in [0.2, 0.25) is 0 Å². The van der Waals surface area contributed by atoms with E-state index < -0.39 is 0 Å². The molecule has 2 rings (SSSR count). The normalized spacial score (nSPS) is 11.1. The lowest BCUT2D eigenvalue weighted by Crippen LogP contribution is -2.04. The van der Waals surface area contributed by atoms with E-state index in [1.54, 1.807) is 22.2 Å². The van der Waals surface area contributed by atoms with Crippen LogP contribution in [0.3, 0.4) is 0 Å². The summed E-state index contributed by atoms with van der Waals surface area (Å²) in [7, 11) is 1.87. The average molecular weight is 251 g/mol. The second kappa shape index (κ2) is 5.27. The molecule has 92 valence electrons. The van der Waals surface area contributed by atoms with Crippen LogP contribution in [0.25, 0.3) is 11.4 Å². The molecule has 0 aromatic carbocycles. The summed E-state index contributed by atoms with van der Waals surface area (Å²) in [6.45, 7) is 5.40. The van der Waals surface area contributed by atoms with E-state index in [2.05, 4.69) is 34.5 Å². The number of hydrogen-bond donors (Lipinski definition) is 1. The minimum atomic E-state index is 0.711. The molecule has 1 N–H and O–H groups in total. The molecule has 0 amide bonds. The molecule has 0 radical (unpaired) electrons. The van der Waals surface area contributed by atoms with Gasteiger partial charge in [0.25, 0.3) is 0 Å². The number of thiazole rings is 1. The fourth-order valence-electron chi connectivity index (χ4n) is 1.46. The van der Waals surface area contributed by atoms with E-state index in [9.17, 15) is 0 Å². The third-order valence-electron chi connectivity index (χ3n) is 2.48. The summed E-state index contributed by atoms with van der Waals surface area (Å²) in [4.78, 5) is 4.52. The van der Waals surface area contributed by atoms with Crippen molar-refractivity contribution in [2.75, 3.05) is 11.9 Å². The fourth-order valence-corrected chi connectivity index (χ4v) is 2.20. The lowest BCUT2D eigenvalue weighted by atomic mass is 10.1. The molecule has 0 aliphatic carbocycles. The van der Waals surface area contributed by atoms with Crippen LogP contribution >= 0.6 is 11.3 Å². The van der Waals surface area contributed by atoms with Gasteiger partial charge in [0, 0.05) is 19.0 Å². The second-order valence-electron chi connectivity index (χ2n) is 4.39. The maximum absolute atomic E-state index is 4.52. The Hall–Kier alpha value is -1.43. The monoisotopic (exact) mass is 251 g/mol. The van der Waals surface area contributed by atoms with Crippen molar-refractivity contribution in [1.29, 1.82) is 0 Å². The van der Waals surface area contributed by atoms with Gasteiger partial charge in [-0.3, -0.25) is 0 Å². The zero-order chi connectivity index (χ0) is 12.3. The van der Waals surface area contributed by atoms with E-state index in [0.29, 0.717) is 5.92 Å². The molecule has 2 heterocycles. The van der Waals surface area contributed by atoms with Gasteiger partial charge < -0.3 is 5.32 Å². The minimum absolute atomic E-state index is 0.711. The molecular weight excluding hydrogens is 234 g/mol. The highest BCUT2D eigenvalue weighted by Crippen LogP contribution is 2.23. The van der Waals surface area contributed by atoms with Crippen LogP contribution in [0.4, 0.5) is 5.13 Å². The Labute approximate surface area is 105 Å². The average Bonchev–Trinajstić information content (AvgIpc) is 2.86. The number of rotatable bonds is 5. The molecule has 0 spiro atoms. The van der Waals surface area contributed by atoms with Gasteiger partial charge in [-0.2, -0.15) is 0 Å². The quantitative estimate of drug-likeness (QED) is 0.886. The van der Waals surface area contributed by atoms with Gasteiger partial charge in [-0.15, -0.1) is 16.4 Å². The molecule has 0 fully saturated rings. The summed E-state index contributed by atoms with van der Waals surface area (Å²) in [6.07, 6.45) is 2.88. The molecule has 0 unspecified atom stereocenters. The van der Waals surface area contributed by atoms with E-state index >= 15 is 0 Å².